The molecular weight excluding hydrogens is 320 g/mol. The van der Waals surface area contributed by atoms with E-state index in [1.807, 2.05) is 49.4 Å². The summed E-state index contributed by atoms with van der Waals surface area (Å²) in [4.78, 5) is 11.2. The molecule has 0 spiro atoms. The van der Waals surface area contributed by atoms with Gasteiger partial charge in [-0.25, -0.2) is 4.79 Å². The first kappa shape index (κ1) is 16.1. The molecule has 1 aromatic heterocycles. The molecule has 0 fully saturated rings. The normalized spacial score (nSPS) is 11.2. The van der Waals surface area contributed by atoms with E-state index in [-0.39, 0.29) is 5.56 Å². The lowest BCUT2D eigenvalue weighted by Gasteiger charge is -2.08. The summed E-state index contributed by atoms with van der Waals surface area (Å²) in [5.74, 6) is -0.265. The molecule has 0 aliphatic rings. The molecule has 0 aliphatic heterocycles. The van der Waals surface area contributed by atoms with Crippen LogP contribution in [0, 0.1) is 4.51 Å². The van der Waals surface area contributed by atoms with Gasteiger partial charge < -0.3 is 9.52 Å². The van der Waals surface area contributed by atoms with Crippen molar-refractivity contribution in [3.05, 3.63) is 75.5 Å². The van der Waals surface area contributed by atoms with Crippen LogP contribution in [-0.4, -0.2) is 11.1 Å². The maximum Gasteiger partial charge on any atom is 0.335 e. The monoisotopic (exact) mass is 336 g/mol. The largest absolute Gasteiger partial charge is 0.478 e. The highest BCUT2D eigenvalue weighted by Gasteiger charge is 2.11. The van der Waals surface area contributed by atoms with Gasteiger partial charge in [0.25, 0.3) is 0 Å². The van der Waals surface area contributed by atoms with Crippen molar-refractivity contribution < 1.29 is 14.3 Å². The lowest BCUT2D eigenvalue weighted by Crippen LogP contribution is -1.97. The Morgan fingerprint density at radius 1 is 1.17 bits per heavy atom. The van der Waals surface area contributed by atoms with Crippen LogP contribution in [0.3, 0.4) is 0 Å². The molecule has 24 heavy (non-hydrogen) atoms. The fraction of sp³-hybridized carbons (Fsp3) is 0.100. The summed E-state index contributed by atoms with van der Waals surface area (Å²) in [6.45, 7) is 2.01. The van der Waals surface area contributed by atoms with Crippen LogP contribution in [0.2, 0.25) is 0 Å². The molecule has 0 amide bonds. The molecule has 1 heterocycles. The first-order valence-corrected chi connectivity index (χ1v) is 8.07. The topological polar surface area (TPSA) is 50.4 Å². The zero-order valence-corrected chi connectivity index (χ0v) is 14.0. The molecule has 0 radical (unpaired) electrons. The second-order valence-electron chi connectivity index (χ2n) is 5.39. The zero-order valence-electron chi connectivity index (χ0n) is 13.2. The van der Waals surface area contributed by atoms with Gasteiger partial charge in [0.1, 0.15) is 11.3 Å². The fourth-order valence-electron chi connectivity index (χ4n) is 2.59. The summed E-state index contributed by atoms with van der Waals surface area (Å²) in [6.07, 6.45) is 4.60. The van der Waals surface area contributed by atoms with Crippen LogP contribution in [0.5, 0.6) is 0 Å². The molecule has 3 rings (SSSR count). The summed E-state index contributed by atoms with van der Waals surface area (Å²) in [7, 11) is 0. The van der Waals surface area contributed by atoms with Gasteiger partial charge in [0.15, 0.2) is 0 Å². The minimum atomic E-state index is -0.975. The standard InChI is InChI=1S/C20H16O3S/c1-2-15-17(10-8-13-6-4-3-5-7-13)23-18-11-9-14(20(21)22)12-16(18)19(15)24/h3-12H,2H2,1H3,(H,21,22)/b10-8-. The molecule has 0 atom stereocenters. The molecule has 0 bridgehead atoms. The summed E-state index contributed by atoms with van der Waals surface area (Å²) >= 11 is 5.57. The zero-order chi connectivity index (χ0) is 17.1. The van der Waals surface area contributed by atoms with Crippen molar-refractivity contribution in [1.82, 2.24) is 0 Å². The number of aromatic carboxylic acids is 1. The molecular formula is C20H16O3S. The quantitative estimate of drug-likeness (QED) is 0.631. The van der Waals surface area contributed by atoms with E-state index in [1.54, 1.807) is 12.1 Å². The van der Waals surface area contributed by atoms with Crippen molar-refractivity contribution in [2.24, 2.45) is 0 Å². The molecule has 1 N–H and O–H groups in total. The number of carboxylic acids is 1. The summed E-state index contributed by atoms with van der Waals surface area (Å²) in [5.41, 5.74) is 2.78. The summed E-state index contributed by atoms with van der Waals surface area (Å²) in [5, 5.41) is 9.82. The van der Waals surface area contributed by atoms with Crippen LogP contribution in [0.25, 0.3) is 23.1 Å². The maximum absolute atomic E-state index is 11.2. The Hall–Kier alpha value is -2.72. The molecule has 0 unspecified atom stereocenters. The van der Waals surface area contributed by atoms with Gasteiger partial charge in [-0.05, 0) is 36.3 Å². The minimum absolute atomic E-state index is 0.207. The second kappa shape index (κ2) is 6.81. The maximum atomic E-state index is 11.2. The van der Waals surface area contributed by atoms with Gasteiger partial charge in [-0.3, -0.25) is 0 Å². The van der Waals surface area contributed by atoms with Crippen LogP contribution >= 0.6 is 12.2 Å². The van der Waals surface area contributed by atoms with E-state index < -0.39 is 5.97 Å². The van der Waals surface area contributed by atoms with Crippen LogP contribution in [-0.2, 0) is 6.42 Å². The third kappa shape index (κ3) is 3.14. The smallest absolute Gasteiger partial charge is 0.335 e. The Labute approximate surface area is 144 Å². The number of carboxylic acid groups (broad SMARTS) is 1. The Bertz CT molecular complexity index is 985. The summed E-state index contributed by atoms with van der Waals surface area (Å²) in [6, 6.07) is 14.7. The van der Waals surface area contributed by atoms with Crippen LogP contribution in [0.15, 0.2) is 52.9 Å². The highest BCUT2D eigenvalue weighted by atomic mass is 32.1. The van der Waals surface area contributed by atoms with Gasteiger partial charge >= 0.3 is 5.97 Å². The van der Waals surface area contributed by atoms with Gasteiger partial charge in [0.05, 0.1) is 10.1 Å². The minimum Gasteiger partial charge on any atom is -0.478 e. The van der Waals surface area contributed by atoms with E-state index >= 15 is 0 Å². The van der Waals surface area contributed by atoms with Crippen molar-refractivity contribution >= 4 is 41.3 Å². The number of hydrogen-bond donors (Lipinski definition) is 1. The van der Waals surface area contributed by atoms with Gasteiger partial charge in [-0.1, -0.05) is 55.5 Å². The van der Waals surface area contributed by atoms with Gasteiger partial charge in [0, 0.05) is 10.9 Å². The van der Waals surface area contributed by atoms with Crippen molar-refractivity contribution in [2.45, 2.75) is 13.3 Å². The first-order valence-electron chi connectivity index (χ1n) is 7.66. The Morgan fingerprint density at radius 3 is 2.58 bits per heavy atom. The molecule has 3 nitrogen and oxygen atoms in total. The van der Waals surface area contributed by atoms with E-state index in [4.69, 9.17) is 21.7 Å². The first-order chi connectivity index (χ1) is 11.6. The van der Waals surface area contributed by atoms with Crippen LogP contribution in [0.4, 0.5) is 0 Å². The Balaban J connectivity index is 2.15. The van der Waals surface area contributed by atoms with E-state index in [2.05, 4.69) is 0 Å². The fourth-order valence-corrected chi connectivity index (χ4v) is 2.99. The van der Waals surface area contributed by atoms with Crippen molar-refractivity contribution in [3.63, 3.8) is 0 Å². The van der Waals surface area contributed by atoms with E-state index in [1.165, 1.54) is 6.07 Å². The number of fused-ring (bicyclic) bond motifs is 1. The van der Waals surface area contributed by atoms with Crippen molar-refractivity contribution in [3.8, 4) is 0 Å². The second-order valence-corrected chi connectivity index (χ2v) is 5.80. The average Bonchev–Trinajstić information content (AvgIpc) is 2.60. The highest BCUT2D eigenvalue weighted by molar-refractivity contribution is 7.71. The lowest BCUT2D eigenvalue weighted by atomic mass is 10.1. The molecule has 0 saturated heterocycles. The van der Waals surface area contributed by atoms with Gasteiger partial charge in [-0.15, -0.1) is 0 Å². The molecule has 4 heteroatoms. The number of carbonyl (C=O) groups is 1. The van der Waals surface area contributed by atoms with Crippen molar-refractivity contribution in [2.75, 3.05) is 0 Å². The third-order valence-corrected chi connectivity index (χ3v) is 4.31. The van der Waals surface area contributed by atoms with Gasteiger partial charge in [-0.2, -0.15) is 0 Å². The third-order valence-electron chi connectivity index (χ3n) is 3.84. The van der Waals surface area contributed by atoms with Crippen molar-refractivity contribution in [1.29, 1.82) is 0 Å². The Kier molecular flexibility index (Phi) is 4.58. The predicted octanol–water partition coefficient (Wildman–Crippen LogP) is 5.59. The number of hydrogen-bond acceptors (Lipinski definition) is 3. The van der Waals surface area contributed by atoms with E-state index in [0.29, 0.717) is 27.7 Å². The van der Waals surface area contributed by atoms with Crippen LogP contribution in [0.1, 0.15) is 34.2 Å². The van der Waals surface area contributed by atoms with Gasteiger partial charge in [0.2, 0.25) is 0 Å². The van der Waals surface area contributed by atoms with Crippen LogP contribution < -0.4 is 0 Å². The molecule has 0 saturated carbocycles. The summed E-state index contributed by atoms with van der Waals surface area (Å²) < 4.78 is 6.62. The number of rotatable bonds is 4. The lowest BCUT2D eigenvalue weighted by molar-refractivity contribution is 0.0697. The van der Waals surface area contributed by atoms with E-state index in [9.17, 15) is 4.79 Å². The predicted molar refractivity (Wildman–Crippen MR) is 98.8 cm³/mol. The molecule has 3 aromatic rings. The number of benzene rings is 2. The van der Waals surface area contributed by atoms with E-state index in [0.717, 1.165) is 11.1 Å². The molecule has 120 valence electrons. The highest BCUT2D eigenvalue weighted by Crippen LogP contribution is 2.26. The Morgan fingerprint density at radius 2 is 1.92 bits per heavy atom. The average molecular weight is 336 g/mol. The molecule has 2 aromatic carbocycles. The molecule has 0 aliphatic carbocycles. The SMILES string of the molecule is CCc1c(/C=C\c2ccccc2)oc2ccc(C(=O)O)cc2c1=S.